The van der Waals surface area contributed by atoms with E-state index in [0.717, 1.165) is 11.3 Å². The number of carbonyl (C=O) groups excluding carboxylic acids is 1. The molecule has 0 bridgehead atoms. The van der Waals surface area contributed by atoms with Gasteiger partial charge >= 0.3 is 5.69 Å². The average molecular weight is 340 g/mol. The Balaban J connectivity index is 2.03. The second kappa shape index (κ2) is 5.94. The van der Waals surface area contributed by atoms with Crippen molar-refractivity contribution in [3.63, 3.8) is 0 Å². The minimum absolute atomic E-state index is 0.156. The number of fused-ring (bicyclic) bond motifs is 1. The molecule has 0 amide bonds. The molecule has 0 aromatic heterocycles. The highest BCUT2D eigenvalue weighted by Gasteiger charge is 2.37. The van der Waals surface area contributed by atoms with Gasteiger partial charge in [-0.1, -0.05) is 12.1 Å². The smallest absolute Gasteiger partial charge is 0.326 e. The molecule has 2 aromatic carbocycles. The number of phenolic OH excluding ortho intramolecular Hbond substituents is 2. The fraction of sp³-hybridized carbons (Fsp3) is 0.167. The van der Waals surface area contributed by atoms with Crippen molar-refractivity contribution < 1.29 is 19.9 Å². The van der Waals surface area contributed by atoms with Crippen molar-refractivity contribution >= 4 is 23.2 Å². The van der Waals surface area contributed by atoms with E-state index in [2.05, 4.69) is 0 Å². The number of hydrogen-bond donors (Lipinski definition) is 2. The number of nitro benzene ring substituents is 1. The van der Waals surface area contributed by atoms with Crippen LogP contribution in [0, 0.1) is 10.1 Å². The first-order valence-electron chi connectivity index (χ1n) is 7.54. The molecule has 0 heterocycles. The predicted octanol–water partition coefficient (Wildman–Crippen LogP) is 2.89. The summed E-state index contributed by atoms with van der Waals surface area (Å²) in [7, 11) is 3.84. The van der Waals surface area contributed by atoms with Gasteiger partial charge in [0, 0.05) is 31.8 Å². The number of nitrogens with zero attached hydrogens (tertiary/aromatic N) is 2. The number of Topliss-reactive ketones (excluding diaryl/α,β-unsaturated/α-hetero) is 1. The molecule has 3 rings (SSSR count). The Hall–Kier alpha value is -3.35. The number of anilines is 1. The lowest BCUT2D eigenvalue weighted by molar-refractivity contribution is -0.386. The average Bonchev–Trinajstić information content (AvgIpc) is 2.84. The Bertz CT molecular complexity index is 914. The molecule has 7 nitrogen and oxygen atoms in total. The molecule has 0 spiro atoms. The third kappa shape index (κ3) is 2.80. The Morgan fingerprint density at radius 2 is 1.84 bits per heavy atom. The standard InChI is InChI=1S/C18H16N2O5/c1-19(2)13-5-3-10(4-6-13)7-12-8-11-9-14(21)18(23)16(20(24)25)15(11)17(12)22/h3-7,9,21,23H,8H2,1-2H3/b12-7-. The highest BCUT2D eigenvalue weighted by molar-refractivity contribution is 6.18. The van der Waals surface area contributed by atoms with E-state index in [1.54, 1.807) is 6.08 Å². The van der Waals surface area contributed by atoms with Gasteiger partial charge in [-0.05, 0) is 35.4 Å². The van der Waals surface area contributed by atoms with E-state index < -0.39 is 27.9 Å². The molecule has 0 fully saturated rings. The molecule has 7 heteroatoms. The molecule has 2 N–H and O–H groups in total. The van der Waals surface area contributed by atoms with Crippen molar-refractivity contribution in [3.8, 4) is 11.5 Å². The second-order valence-electron chi connectivity index (χ2n) is 6.05. The molecule has 25 heavy (non-hydrogen) atoms. The Labute approximate surface area is 143 Å². The summed E-state index contributed by atoms with van der Waals surface area (Å²) < 4.78 is 0. The Kier molecular flexibility index (Phi) is 3.92. The van der Waals surface area contributed by atoms with Gasteiger partial charge in [0.1, 0.15) is 5.56 Å². The van der Waals surface area contributed by atoms with Gasteiger partial charge in [0.15, 0.2) is 11.5 Å². The van der Waals surface area contributed by atoms with Crippen LogP contribution < -0.4 is 4.90 Å². The lowest BCUT2D eigenvalue weighted by Crippen LogP contribution is -2.07. The van der Waals surface area contributed by atoms with Gasteiger partial charge in [-0.15, -0.1) is 0 Å². The maximum atomic E-state index is 12.6. The highest BCUT2D eigenvalue weighted by atomic mass is 16.6. The molecule has 0 aliphatic heterocycles. The summed E-state index contributed by atoms with van der Waals surface area (Å²) in [4.78, 5) is 24.9. The minimum atomic E-state index is -0.881. The zero-order valence-electron chi connectivity index (χ0n) is 13.7. The van der Waals surface area contributed by atoms with Gasteiger partial charge in [0.2, 0.25) is 5.75 Å². The zero-order chi connectivity index (χ0) is 18.3. The number of rotatable bonds is 3. The lowest BCUT2D eigenvalue weighted by Gasteiger charge is -2.11. The number of allylic oxidation sites excluding steroid dienone is 1. The minimum Gasteiger partial charge on any atom is -0.504 e. The van der Waals surface area contributed by atoms with Crippen LogP contribution in [0.25, 0.3) is 6.08 Å². The molecule has 1 aliphatic rings. The van der Waals surface area contributed by atoms with Crippen molar-refractivity contribution in [3.05, 3.63) is 62.7 Å². The predicted molar refractivity (Wildman–Crippen MR) is 93.2 cm³/mol. The van der Waals surface area contributed by atoms with Crippen LogP contribution in [0.3, 0.4) is 0 Å². The van der Waals surface area contributed by atoms with Crippen LogP contribution in [0.5, 0.6) is 11.5 Å². The van der Waals surface area contributed by atoms with Crippen molar-refractivity contribution in [2.24, 2.45) is 0 Å². The van der Waals surface area contributed by atoms with Crippen LogP contribution in [-0.2, 0) is 6.42 Å². The summed E-state index contributed by atoms with van der Waals surface area (Å²) in [6, 6.07) is 8.70. The van der Waals surface area contributed by atoms with Crippen LogP contribution in [0.1, 0.15) is 21.5 Å². The molecular formula is C18H16N2O5. The van der Waals surface area contributed by atoms with E-state index in [-0.39, 0.29) is 12.0 Å². The summed E-state index contributed by atoms with van der Waals surface area (Å²) in [5.41, 5.74) is 1.61. The topological polar surface area (TPSA) is 104 Å². The fourth-order valence-electron chi connectivity index (χ4n) is 2.90. The summed E-state index contributed by atoms with van der Waals surface area (Å²) in [6.07, 6.45) is 1.83. The van der Waals surface area contributed by atoms with Crippen LogP contribution in [0.2, 0.25) is 0 Å². The number of benzene rings is 2. The van der Waals surface area contributed by atoms with Gasteiger partial charge in [0.25, 0.3) is 0 Å². The molecule has 0 saturated heterocycles. The molecule has 1 aliphatic carbocycles. The van der Waals surface area contributed by atoms with Crippen molar-refractivity contribution in [1.82, 2.24) is 0 Å². The van der Waals surface area contributed by atoms with Gasteiger partial charge in [-0.3, -0.25) is 14.9 Å². The molecule has 0 saturated carbocycles. The maximum Gasteiger partial charge on any atom is 0.326 e. The van der Waals surface area contributed by atoms with Gasteiger partial charge in [-0.2, -0.15) is 0 Å². The number of nitro groups is 1. The van der Waals surface area contributed by atoms with E-state index in [9.17, 15) is 25.1 Å². The SMILES string of the molecule is CN(C)c1ccc(/C=C2/Cc3cc(O)c(O)c([N+](=O)[O-])c3C2=O)cc1. The number of carbonyl (C=O) groups is 1. The summed E-state index contributed by atoms with van der Waals surface area (Å²) in [6.45, 7) is 0. The normalized spacial score (nSPS) is 14.6. The van der Waals surface area contributed by atoms with Gasteiger partial charge < -0.3 is 15.1 Å². The largest absolute Gasteiger partial charge is 0.504 e. The highest BCUT2D eigenvalue weighted by Crippen LogP contribution is 2.44. The van der Waals surface area contributed by atoms with Crippen molar-refractivity contribution in [2.45, 2.75) is 6.42 Å². The number of ketones is 1. The fourth-order valence-corrected chi connectivity index (χ4v) is 2.90. The third-order valence-corrected chi connectivity index (χ3v) is 4.17. The lowest BCUT2D eigenvalue weighted by atomic mass is 10.1. The first-order valence-corrected chi connectivity index (χ1v) is 7.54. The van der Waals surface area contributed by atoms with Crippen LogP contribution in [0.15, 0.2) is 35.9 Å². The van der Waals surface area contributed by atoms with E-state index >= 15 is 0 Å². The molecular weight excluding hydrogens is 324 g/mol. The number of phenols is 2. The summed E-state index contributed by atoms with van der Waals surface area (Å²) in [5, 5.41) is 30.6. The monoisotopic (exact) mass is 340 g/mol. The van der Waals surface area contributed by atoms with Gasteiger partial charge in [0.05, 0.1) is 4.92 Å². The number of aromatic hydroxyl groups is 2. The van der Waals surface area contributed by atoms with Gasteiger partial charge in [-0.25, -0.2) is 0 Å². The first-order chi connectivity index (χ1) is 11.8. The van der Waals surface area contributed by atoms with E-state index in [0.29, 0.717) is 11.1 Å². The number of hydrogen-bond acceptors (Lipinski definition) is 6. The first kappa shape index (κ1) is 16.5. The summed E-state index contributed by atoms with van der Waals surface area (Å²) in [5.74, 6) is -1.99. The second-order valence-corrected chi connectivity index (χ2v) is 6.05. The molecule has 0 radical (unpaired) electrons. The Morgan fingerprint density at radius 1 is 1.20 bits per heavy atom. The van der Waals surface area contributed by atoms with Crippen LogP contribution in [-0.4, -0.2) is 35.0 Å². The molecule has 0 unspecified atom stereocenters. The third-order valence-electron chi connectivity index (χ3n) is 4.17. The van der Waals surface area contributed by atoms with Crippen molar-refractivity contribution in [1.29, 1.82) is 0 Å². The van der Waals surface area contributed by atoms with E-state index in [4.69, 9.17) is 0 Å². The summed E-state index contributed by atoms with van der Waals surface area (Å²) >= 11 is 0. The Morgan fingerprint density at radius 3 is 2.40 bits per heavy atom. The molecule has 2 aromatic rings. The molecule has 0 atom stereocenters. The quantitative estimate of drug-likeness (QED) is 0.385. The maximum absolute atomic E-state index is 12.6. The van der Waals surface area contributed by atoms with Crippen LogP contribution >= 0.6 is 0 Å². The van der Waals surface area contributed by atoms with Crippen LogP contribution in [0.4, 0.5) is 11.4 Å². The van der Waals surface area contributed by atoms with E-state index in [1.165, 1.54) is 6.07 Å². The molecule has 128 valence electrons. The van der Waals surface area contributed by atoms with Crippen molar-refractivity contribution in [2.75, 3.05) is 19.0 Å². The zero-order valence-corrected chi connectivity index (χ0v) is 13.7. The van der Waals surface area contributed by atoms with E-state index in [1.807, 2.05) is 43.3 Å².